The van der Waals surface area contributed by atoms with Crippen molar-refractivity contribution in [2.75, 3.05) is 19.6 Å². The highest BCUT2D eigenvalue weighted by Crippen LogP contribution is 2.23. The molecule has 1 amide bonds. The van der Waals surface area contributed by atoms with E-state index in [0.717, 1.165) is 38.6 Å². The predicted octanol–water partition coefficient (Wildman–Crippen LogP) is 0.653. The van der Waals surface area contributed by atoms with Gasteiger partial charge in [-0.3, -0.25) is 4.79 Å². The number of carbonyl (C=O) groups excluding carboxylic acids is 1. The van der Waals surface area contributed by atoms with Gasteiger partial charge in [0.25, 0.3) is 0 Å². The molecule has 0 aromatic rings. The molecule has 4 nitrogen and oxygen atoms in total. The van der Waals surface area contributed by atoms with Crippen LogP contribution in [0.1, 0.15) is 39.0 Å². The van der Waals surface area contributed by atoms with Gasteiger partial charge in [-0.15, -0.1) is 0 Å². The van der Waals surface area contributed by atoms with E-state index >= 15 is 0 Å². The monoisotopic (exact) mass is 228 g/mol. The molecule has 1 saturated carbocycles. The van der Waals surface area contributed by atoms with Crippen molar-refractivity contribution < 1.29 is 9.90 Å². The van der Waals surface area contributed by atoms with Crippen LogP contribution in [0.5, 0.6) is 0 Å². The number of hydrogen-bond donors (Lipinski definition) is 3. The van der Waals surface area contributed by atoms with Crippen LogP contribution in [0.3, 0.4) is 0 Å². The van der Waals surface area contributed by atoms with Gasteiger partial charge in [-0.2, -0.15) is 0 Å². The van der Waals surface area contributed by atoms with Crippen LogP contribution >= 0.6 is 0 Å². The molecule has 16 heavy (non-hydrogen) atoms. The second-order valence-electron chi connectivity index (χ2n) is 4.67. The van der Waals surface area contributed by atoms with E-state index in [1.165, 1.54) is 0 Å². The Morgan fingerprint density at radius 3 is 2.94 bits per heavy atom. The van der Waals surface area contributed by atoms with Crippen molar-refractivity contribution in [3.05, 3.63) is 0 Å². The molecule has 1 rings (SSSR count). The molecule has 4 heteroatoms. The van der Waals surface area contributed by atoms with E-state index in [0.29, 0.717) is 19.0 Å². The molecule has 2 unspecified atom stereocenters. The predicted molar refractivity (Wildman–Crippen MR) is 64.1 cm³/mol. The van der Waals surface area contributed by atoms with Crippen LogP contribution in [-0.4, -0.2) is 36.8 Å². The molecular weight excluding hydrogens is 204 g/mol. The van der Waals surface area contributed by atoms with Crippen LogP contribution < -0.4 is 10.6 Å². The van der Waals surface area contributed by atoms with Gasteiger partial charge < -0.3 is 15.7 Å². The lowest BCUT2D eigenvalue weighted by atomic mass is 9.87. The quantitative estimate of drug-likeness (QED) is 0.585. The van der Waals surface area contributed by atoms with Gasteiger partial charge in [-0.25, -0.2) is 0 Å². The van der Waals surface area contributed by atoms with E-state index in [2.05, 4.69) is 17.6 Å². The van der Waals surface area contributed by atoms with E-state index < -0.39 is 0 Å². The Bertz CT molecular complexity index is 209. The lowest BCUT2D eigenvalue weighted by molar-refractivity contribution is -0.120. The number of carbonyl (C=O) groups is 1. The van der Waals surface area contributed by atoms with Crippen molar-refractivity contribution >= 4 is 5.91 Å². The maximum Gasteiger partial charge on any atom is 0.233 e. The molecule has 0 radical (unpaired) electrons. The van der Waals surface area contributed by atoms with Gasteiger partial charge in [0.1, 0.15) is 0 Å². The first-order chi connectivity index (χ1) is 7.72. The molecule has 1 aliphatic rings. The van der Waals surface area contributed by atoms with E-state index in [-0.39, 0.29) is 12.0 Å². The Hall–Kier alpha value is -0.610. The van der Waals surface area contributed by atoms with Crippen molar-refractivity contribution in [2.45, 2.75) is 45.1 Å². The Morgan fingerprint density at radius 2 is 2.25 bits per heavy atom. The number of hydrogen-bond acceptors (Lipinski definition) is 3. The number of aliphatic hydroxyl groups is 1. The molecule has 0 aliphatic heterocycles. The van der Waals surface area contributed by atoms with Gasteiger partial charge in [0, 0.05) is 6.54 Å². The van der Waals surface area contributed by atoms with Gasteiger partial charge in [0.2, 0.25) is 5.91 Å². The summed E-state index contributed by atoms with van der Waals surface area (Å²) in [6.45, 7) is 4.08. The van der Waals surface area contributed by atoms with Crippen LogP contribution in [0.4, 0.5) is 0 Å². The fourth-order valence-corrected chi connectivity index (χ4v) is 2.15. The van der Waals surface area contributed by atoms with Crippen molar-refractivity contribution in [1.82, 2.24) is 10.6 Å². The van der Waals surface area contributed by atoms with Crippen molar-refractivity contribution in [1.29, 1.82) is 0 Å². The van der Waals surface area contributed by atoms with Gasteiger partial charge in [-0.05, 0) is 38.1 Å². The first kappa shape index (κ1) is 13.5. The highest BCUT2D eigenvalue weighted by Gasteiger charge is 2.20. The summed E-state index contributed by atoms with van der Waals surface area (Å²) in [6.07, 6.45) is 4.84. The van der Waals surface area contributed by atoms with Crippen LogP contribution in [0.2, 0.25) is 0 Å². The van der Waals surface area contributed by atoms with Gasteiger partial charge in [0.05, 0.1) is 12.6 Å². The maximum atomic E-state index is 11.4. The molecule has 94 valence electrons. The molecule has 0 saturated heterocycles. The summed E-state index contributed by atoms with van der Waals surface area (Å²) in [4.78, 5) is 11.4. The summed E-state index contributed by atoms with van der Waals surface area (Å²) in [6, 6.07) is 0. The molecule has 1 aliphatic carbocycles. The molecule has 3 N–H and O–H groups in total. The SMILES string of the molecule is CCCNCC(=O)NCC1CCCC(O)C1. The largest absolute Gasteiger partial charge is 0.393 e. The van der Waals surface area contributed by atoms with Crippen molar-refractivity contribution in [3.8, 4) is 0 Å². The summed E-state index contributed by atoms with van der Waals surface area (Å²) < 4.78 is 0. The van der Waals surface area contributed by atoms with Crippen LogP contribution in [0.15, 0.2) is 0 Å². The van der Waals surface area contributed by atoms with E-state index in [1.54, 1.807) is 0 Å². The second kappa shape index (κ2) is 7.63. The molecular formula is C12H24N2O2. The fourth-order valence-electron chi connectivity index (χ4n) is 2.15. The first-order valence-electron chi connectivity index (χ1n) is 6.37. The zero-order valence-electron chi connectivity index (χ0n) is 10.2. The van der Waals surface area contributed by atoms with Crippen molar-refractivity contribution in [2.24, 2.45) is 5.92 Å². The minimum absolute atomic E-state index is 0.0634. The van der Waals surface area contributed by atoms with Gasteiger partial charge in [0.15, 0.2) is 0 Å². The van der Waals surface area contributed by atoms with Gasteiger partial charge >= 0.3 is 0 Å². The molecule has 0 spiro atoms. The normalized spacial score (nSPS) is 25.4. The minimum atomic E-state index is -0.158. The first-order valence-corrected chi connectivity index (χ1v) is 6.37. The second-order valence-corrected chi connectivity index (χ2v) is 4.67. The Kier molecular flexibility index (Phi) is 6.42. The number of rotatable bonds is 6. The lowest BCUT2D eigenvalue weighted by Crippen LogP contribution is -2.38. The highest BCUT2D eigenvalue weighted by molar-refractivity contribution is 5.77. The van der Waals surface area contributed by atoms with Crippen LogP contribution in [0, 0.1) is 5.92 Å². The summed E-state index contributed by atoms with van der Waals surface area (Å²) in [7, 11) is 0. The molecule has 2 atom stereocenters. The lowest BCUT2D eigenvalue weighted by Gasteiger charge is -2.25. The van der Waals surface area contributed by atoms with E-state index in [4.69, 9.17) is 0 Å². The Morgan fingerprint density at radius 1 is 1.44 bits per heavy atom. The number of nitrogens with one attached hydrogen (secondary N) is 2. The standard InChI is InChI=1S/C12H24N2O2/c1-2-6-13-9-12(16)14-8-10-4-3-5-11(15)7-10/h10-11,13,15H,2-9H2,1H3,(H,14,16). The Labute approximate surface area is 97.8 Å². The average molecular weight is 228 g/mol. The maximum absolute atomic E-state index is 11.4. The smallest absolute Gasteiger partial charge is 0.233 e. The molecule has 0 aromatic heterocycles. The molecule has 0 aromatic carbocycles. The molecule has 1 fully saturated rings. The summed E-state index contributed by atoms with van der Waals surface area (Å²) >= 11 is 0. The van der Waals surface area contributed by atoms with Crippen molar-refractivity contribution in [3.63, 3.8) is 0 Å². The zero-order chi connectivity index (χ0) is 11.8. The third kappa shape index (κ3) is 5.47. The molecule has 0 heterocycles. The van der Waals surface area contributed by atoms with E-state index in [9.17, 15) is 9.90 Å². The van der Waals surface area contributed by atoms with Crippen LogP contribution in [0.25, 0.3) is 0 Å². The topological polar surface area (TPSA) is 61.4 Å². The van der Waals surface area contributed by atoms with E-state index in [1.807, 2.05) is 0 Å². The minimum Gasteiger partial charge on any atom is -0.393 e. The summed E-state index contributed by atoms with van der Waals surface area (Å²) in [5.74, 6) is 0.521. The third-order valence-electron chi connectivity index (χ3n) is 3.06. The number of amides is 1. The van der Waals surface area contributed by atoms with Crippen LogP contribution in [-0.2, 0) is 4.79 Å². The zero-order valence-corrected chi connectivity index (χ0v) is 10.2. The summed E-state index contributed by atoms with van der Waals surface area (Å²) in [5.41, 5.74) is 0. The molecule has 0 bridgehead atoms. The Balaban J connectivity index is 2.06. The number of aliphatic hydroxyl groups excluding tert-OH is 1. The summed E-state index contributed by atoms with van der Waals surface area (Å²) in [5, 5.41) is 15.5. The average Bonchev–Trinajstić information content (AvgIpc) is 2.27. The third-order valence-corrected chi connectivity index (χ3v) is 3.06. The fraction of sp³-hybridized carbons (Fsp3) is 0.917. The highest BCUT2D eigenvalue weighted by atomic mass is 16.3. The van der Waals surface area contributed by atoms with Gasteiger partial charge in [-0.1, -0.05) is 13.3 Å².